The van der Waals surface area contributed by atoms with Gasteiger partial charge in [0.25, 0.3) is 5.88 Å². The Labute approximate surface area is 385 Å². The van der Waals surface area contributed by atoms with Gasteiger partial charge in [-0.3, -0.25) is 14.1 Å². The molecule has 8 nitrogen and oxygen atoms in total. The predicted octanol–water partition coefficient (Wildman–Crippen LogP) is 11.0. The maximum atomic E-state index is 12.8. The highest BCUT2D eigenvalue weighted by molar-refractivity contribution is 14.1. The standard InChI is InChI=1S/C30H54N3O3S.C16H31IO2.HI/c1-6-8-10-12-13-14-15-16-17-21-27(34)36-30(25(3)4)33(5)22-19-20-26(24-33)28-29(32-37-31-28)35-23-18-11-9-7-2;1-4-5-6-7-8-9-10-11-12-13-15(18)19-16(17)14(2)3;/h20,25,30H,6-19,21-24H2,1-5H3;14,16H,4-13H2,1-3H3;1H/q+1;;/p-1. The lowest BCUT2D eigenvalue weighted by atomic mass is 10.0. The highest BCUT2D eigenvalue weighted by Gasteiger charge is 2.41. The molecular weight excluding hydrogens is 960 g/mol. The van der Waals surface area contributed by atoms with Gasteiger partial charge in [-0.25, -0.2) is 0 Å². The van der Waals surface area contributed by atoms with Crippen LogP contribution < -0.4 is 28.7 Å². The molecule has 2 rings (SSSR count). The molecule has 1 aromatic heterocycles. The lowest BCUT2D eigenvalue weighted by Gasteiger charge is -2.44. The van der Waals surface area contributed by atoms with Gasteiger partial charge in [-0.2, -0.15) is 4.37 Å². The molecule has 1 aliphatic heterocycles. The Morgan fingerprint density at radius 2 is 1.14 bits per heavy atom. The molecule has 0 aromatic carbocycles. The summed E-state index contributed by atoms with van der Waals surface area (Å²) in [5, 5.41) is 0. The largest absolute Gasteiger partial charge is 1.00 e. The quantitative estimate of drug-likeness (QED) is 0.0234. The van der Waals surface area contributed by atoms with Crippen molar-refractivity contribution >= 4 is 51.8 Å². The van der Waals surface area contributed by atoms with Crippen LogP contribution in [0, 0.1) is 11.8 Å². The molecule has 0 radical (unpaired) electrons. The number of alkyl halides is 1. The minimum atomic E-state index is -0.167. The number of esters is 2. The van der Waals surface area contributed by atoms with Crippen LogP contribution in [0.25, 0.3) is 5.57 Å². The van der Waals surface area contributed by atoms with E-state index in [1.807, 2.05) is 0 Å². The maximum absolute atomic E-state index is 12.8. The van der Waals surface area contributed by atoms with Crippen LogP contribution in [0.4, 0.5) is 0 Å². The van der Waals surface area contributed by atoms with Gasteiger partial charge < -0.3 is 38.2 Å². The number of aromatic nitrogens is 2. The fraction of sp³-hybridized carbons (Fsp3) is 0.870. The Balaban J connectivity index is 0.00000133. The van der Waals surface area contributed by atoms with Crippen molar-refractivity contribution in [3.63, 3.8) is 0 Å². The predicted molar refractivity (Wildman–Crippen MR) is 245 cm³/mol. The van der Waals surface area contributed by atoms with Crippen molar-refractivity contribution in [2.75, 3.05) is 26.7 Å². The Hall–Kier alpha value is -0.540. The van der Waals surface area contributed by atoms with Crippen LogP contribution in [-0.2, 0) is 19.1 Å². The lowest BCUT2D eigenvalue weighted by Crippen LogP contribution is -3.00. The van der Waals surface area contributed by atoms with Crippen LogP contribution in [0.5, 0.6) is 5.88 Å². The van der Waals surface area contributed by atoms with Crippen LogP contribution in [-0.4, -0.2) is 62.3 Å². The van der Waals surface area contributed by atoms with E-state index in [9.17, 15) is 9.59 Å². The number of quaternary nitrogens is 1. The molecule has 0 N–H and O–H groups in total. The Bertz CT molecular complexity index is 1170. The molecule has 0 amide bonds. The molecule has 0 bridgehead atoms. The van der Waals surface area contributed by atoms with E-state index in [0.29, 0.717) is 35.7 Å². The summed E-state index contributed by atoms with van der Waals surface area (Å²) in [5.41, 5.74) is 2.03. The summed E-state index contributed by atoms with van der Waals surface area (Å²) in [6.07, 6.45) is 31.6. The van der Waals surface area contributed by atoms with Gasteiger partial charge in [0, 0.05) is 30.8 Å². The number of nitrogens with zero attached hydrogens (tertiary/aromatic N) is 3. The van der Waals surface area contributed by atoms with Gasteiger partial charge >= 0.3 is 11.9 Å². The number of hydrogen-bond acceptors (Lipinski definition) is 8. The molecule has 3 unspecified atom stereocenters. The summed E-state index contributed by atoms with van der Waals surface area (Å²) in [7, 11) is 2.22. The van der Waals surface area contributed by atoms with Crippen molar-refractivity contribution < 1.29 is 52.3 Å². The molecule has 334 valence electrons. The highest BCUT2D eigenvalue weighted by atomic mass is 127. The smallest absolute Gasteiger partial charge is 0.310 e. The molecule has 1 aromatic rings. The average molecular weight is 1050 g/mol. The zero-order chi connectivity index (χ0) is 41.4. The van der Waals surface area contributed by atoms with Crippen molar-refractivity contribution in [1.29, 1.82) is 0 Å². The number of unbranched alkanes of at least 4 members (excludes halogenated alkanes) is 19. The second-order valence-electron chi connectivity index (χ2n) is 17.1. The molecule has 2 heterocycles. The zero-order valence-corrected chi connectivity index (χ0v) is 42.9. The lowest BCUT2D eigenvalue weighted by molar-refractivity contribution is -0.950. The van der Waals surface area contributed by atoms with E-state index in [-0.39, 0.29) is 52.2 Å². The molecule has 1 aliphatic rings. The SMILES string of the molecule is CCCCCCCCCCCC(=O)OC(C(C)C)[N+]1(C)CCC=C(c2nsnc2OCCCCCC)C1.CCCCCCCCCCCC(=O)OC(I)C(C)C.[I-]. The van der Waals surface area contributed by atoms with Crippen LogP contribution >= 0.6 is 34.3 Å². The van der Waals surface area contributed by atoms with Crippen molar-refractivity contribution in [2.24, 2.45) is 11.8 Å². The fourth-order valence-corrected chi connectivity index (χ4v) is 8.10. The third-order valence-corrected chi connectivity index (χ3v) is 12.9. The van der Waals surface area contributed by atoms with Gasteiger partial charge in [0.15, 0.2) is 4.11 Å². The summed E-state index contributed by atoms with van der Waals surface area (Å²) in [6.45, 7) is 17.6. The number of halogens is 2. The minimum absolute atomic E-state index is 0. The molecule has 0 fully saturated rings. The summed E-state index contributed by atoms with van der Waals surface area (Å²) < 4.78 is 27.2. The van der Waals surface area contributed by atoms with E-state index in [1.165, 1.54) is 121 Å². The van der Waals surface area contributed by atoms with Gasteiger partial charge in [0.05, 0.1) is 31.9 Å². The van der Waals surface area contributed by atoms with E-state index >= 15 is 0 Å². The number of carbonyl (C=O) groups is 2. The molecule has 3 atom stereocenters. The first kappa shape index (κ1) is 56.5. The second kappa shape index (κ2) is 36.1. The highest BCUT2D eigenvalue weighted by Crippen LogP contribution is 2.33. The number of carbonyl (C=O) groups excluding carboxylic acids is 2. The van der Waals surface area contributed by atoms with E-state index in [2.05, 4.69) is 92.9 Å². The summed E-state index contributed by atoms with van der Waals surface area (Å²) in [6, 6.07) is 0. The monoisotopic (exact) mass is 1050 g/mol. The van der Waals surface area contributed by atoms with Crippen molar-refractivity contribution in [2.45, 2.75) is 219 Å². The molecule has 57 heavy (non-hydrogen) atoms. The van der Waals surface area contributed by atoms with Gasteiger partial charge in [-0.15, -0.1) is 4.37 Å². The number of likely N-dealkylation sites (N-methyl/N-ethyl adjacent to an activating group) is 1. The second-order valence-corrected chi connectivity index (χ2v) is 18.8. The van der Waals surface area contributed by atoms with Gasteiger partial charge in [-0.1, -0.05) is 177 Å². The van der Waals surface area contributed by atoms with Crippen molar-refractivity contribution in [3.05, 3.63) is 11.8 Å². The third-order valence-electron chi connectivity index (χ3n) is 10.7. The van der Waals surface area contributed by atoms with E-state index in [1.54, 1.807) is 0 Å². The molecule has 0 saturated heterocycles. The Morgan fingerprint density at radius 1 is 0.684 bits per heavy atom. The Kier molecular flexibility index (Phi) is 35.8. The Morgan fingerprint density at radius 3 is 1.61 bits per heavy atom. The maximum Gasteiger partial charge on any atom is 0.310 e. The van der Waals surface area contributed by atoms with Crippen molar-refractivity contribution in [1.82, 2.24) is 8.75 Å². The van der Waals surface area contributed by atoms with E-state index in [0.717, 1.165) is 62.9 Å². The normalized spacial score (nSPS) is 16.3. The summed E-state index contributed by atoms with van der Waals surface area (Å²) >= 11 is 3.41. The summed E-state index contributed by atoms with van der Waals surface area (Å²) in [4.78, 5) is 24.4. The third kappa shape index (κ3) is 27.1. The average Bonchev–Trinajstić information content (AvgIpc) is 3.64. The molecule has 0 saturated carbocycles. The first-order valence-electron chi connectivity index (χ1n) is 23.0. The van der Waals surface area contributed by atoms with Gasteiger partial charge in [0.1, 0.15) is 12.2 Å². The number of rotatable bonds is 32. The van der Waals surface area contributed by atoms with E-state index in [4.69, 9.17) is 14.2 Å². The fourth-order valence-electron chi connectivity index (χ4n) is 7.28. The number of ether oxygens (including phenoxy) is 3. The van der Waals surface area contributed by atoms with Crippen LogP contribution in [0.2, 0.25) is 0 Å². The molecule has 11 heteroatoms. The molecule has 0 aliphatic carbocycles. The zero-order valence-electron chi connectivity index (χ0n) is 37.7. The first-order chi connectivity index (χ1) is 27.0. The van der Waals surface area contributed by atoms with Gasteiger partial charge in [-0.05, 0) is 47.8 Å². The van der Waals surface area contributed by atoms with Crippen LogP contribution in [0.15, 0.2) is 6.08 Å². The molecule has 0 spiro atoms. The van der Waals surface area contributed by atoms with E-state index < -0.39 is 0 Å². The topological polar surface area (TPSA) is 87.6 Å². The van der Waals surface area contributed by atoms with Crippen LogP contribution in [0.1, 0.15) is 215 Å². The first-order valence-corrected chi connectivity index (χ1v) is 25.0. The van der Waals surface area contributed by atoms with Crippen molar-refractivity contribution in [3.8, 4) is 5.88 Å². The van der Waals surface area contributed by atoms with Crippen LogP contribution in [0.3, 0.4) is 0 Å². The van der Waals surface area contributed by atoms with Gasteiger partial charge in [0.2, 0.25) is 6.23 Å². The summed E-state index contributed by atoms with van der Waals surface area (Å²) in [5.74, 6) is 1.20. The number of hydrogen-bond donors (Lipinski definition) is 0. The minimum Gasteiger partial charge on any atom is -1.00 e. The molecular formula is C46H85I2N3O5S.